The zero-order valence-electron chi connectivity index (χ0n) is 13.1. The summed E-state index contributed by atoms with van der Waals surface area (Å²) < 4.78 is 5.15. The molecule has 0 aromatic heterocycles. The van der Waals surface area contributed by atoms with E-state index < -0.39 is 18.1 Å². The molecule has 0 saturated heterocycles. The van der Waals surface area contributed by atoms with Crippen molar-refractivity contribution in [1.29, 1.82) is 0 Å². The van der Waals surface area contributed by atoms with E-state index in [1.54, 1.807) is 0 Å². The Morgan fingerprint density at radius 2 is 1.78 bits per heavy atom. The number of carbonyl (C=O) groups is 2. The third-order valence-electron chi connectivity index (χ3n) is 3.30. The average Bonchev–Trinajstić information content (AvgIpc) is 2.58. The Morgan fingerprint density at radius 1 is 1.13 bits per heavy atom. The largest absolute Gasteiger partial charge is 0.460 e. The number of rotatable bonds is 10. The van der Waals surface area contributed by atoms with E-state index in [0.29, 0.717) is 19.3 Å². The SMILES string of the molecule is NC(CCC[C@H](N)C(=O)NCCO)C(=O)OCc1ccccc1. The molecule has 1 aromatic carbocycles. The molecule has 1 unspecified atom stereocenters. The Labute approximate surface area is 136 Å². The van der Waals surface area contributed by atoms with Gasteiger partial charge >= 0.3 is 5.97 Å². The first kappa shape index (κ1) is 19.1. The summed E-state index contributed by atoms with van der Waals surface area (Å²) in [6, 6.07) is 7.95. The number of hydrogen-bond donors (Lipinski definition) is 4. The smallest absolute Gasteiger partial charge is 0.323 e. The first-order valence-electron chi connectivity index (χ1n) is 7.65. The highest BCUT2D eigenvalue weighted by Gasteiger charge is 2.17. The number of aliphatic hydroxyl groups is 1. The van der Waals surface area contributed by atoms with Crippen molar-refractivity contribution in [3.8, 4) is 0 Å². The zero-order chi connectivity index (χ0) is 17.1. The molecule has 1 rings (SSSR count). The monoisotopic (exact) mass is 323 g/mol. The average molecular weight is 323 g/mol. The number of amides is 1. The fraction of sp³-hybridized carbons (Fsp3) is 0.500. The van der Waals surface area contributed by atoms with Gasteiger partial charge < -0.3 is 26.6 Å². The van der Waals surface area contributed by atoms with E-state index in [1.165, 1.54) is 0 Å². The summed E-state index contributed by atoms with van der Waals surface area (Å²) in [6.07, 6.45) is 1.35. The summed E-state index contributed by atoms with van der Waals surface area (Å²) in [5.41, 5.74) is 12.4. The fourth-order valence-electron chi connectivity index (χ4n) is 1.95. The summed E-state index contributed by atoms with van der Waals surface area (Å²) in [4.78, 5) is 23.3. The number of benzene rings is 1. The molecule has 7 heteroatoms. The van der Waals surface area contributed by atoms with E-state index in [9.17, 15) is 9.59 Å². The highest BCUT2D eigenvalue weighted by Crippen LogP contribution is 2.06. The van der Waals surface area contributed by atoms with Gasteiger partial charge in [0.25, 0.3) is 0 Å². The van der Waals surface area contributed by atoms with Crippen LogP contribution in [-0.4, -0.2) is 42.2 Å². The lowest BCUT2D eigenvalue weighted by atomic mass is 10.1. The molecule has 1 amide bonds. The van der Waals surface area contributed by atoms with Gasteiger partial charge in [0.05, 0.1) is 12.6 Å². The van der Waals surface area contributed by atoms with Gasteiger partial charge in [0.15, 0.2) is 0 Å². The van der Waals surface area contributed by atoms with Crippen LogP contribution in [0.15, 0.2) is 30.3 Å². The predicted octanol–water partition coefficient (Wildman–Crippen LogP) is -0.337. The Balaban J connectivity index is 2.21. The second-order valence-corrected chi connectivity index (χ2v) is 5.25. The van der Waals surface area contributed by atoms with E-state index in [4.69, 9.17) is 21.3 Å². The molecule has 0 spiro atoms. The molecule has 0 saturated carbocycles. The predicted molar refractivity (Wildman–Crippen MR) is 86.1 cm³/mol. The van der Waals surface area contributed by atoms with Gasteiger partial charge in [0.2, 0.25) is 5.91 Å². The number of aliphatic hydroxyl groups excluding tert-OH is 1. The van der Waals surface area contributed by atoms with Crippen LogP contribution in [0.2, 0.25) is 0 Å². The fourth-order valence-corrected chi connectivity index (χ4v) is 1.95. The molecule has 128 valence electrons. The van der Waals surface area contributed by atoms with Crippen molar-refractivity contribution in [3.05, 3.63) is 35.9 Å². The Morgan fingerprint density at radius 3 is 2.43 bits per heavy atom. The van der Waals surface area contributed by atoms with Gasteiger partial charge in [0, 0.05) is 6.54 Å². The second kappa shape index (κ2) is 10.7. The van der Waals surface area contributed by atoms with Crippen LogP contribution in [-0.2, 0) is 20.9 Å². The lowest BCUT2D eigenvalue weighted by Gasteiger charge is -2.14. The summed E-state index contributed by atoms with van der Waals surface area (Å²) in [6.45, 7) is 0.241. The van der Waals surface area contributed by atoms with Crippen LogP contribution >= 0.6 is 0 Å². The molecule has 0 radical (unpaired) electrons. The summed E-state index contributed by atoms with van der Waals surface area (Å²) in [5, 5.41) is 11.1. The van der Waals surface area contributed by atoms with Crippen LogP contribution in [0.4, 0.5) is 0 Å². The van der Waals surface area contributed by atoms with Gasteiger partial charge in [-0.3, -0.25) is 9.59 Å². The molecule has 7 nitrogen and oxygen atoms in total. The van der Waals surface area contributed by atoms with Crippen molar-refractivity contribution in [3.63, 3.8) is 0 Å². The van der Waals surface area contributed by atoms with Crippen LogP contribution in [0.25, 0.3) is 0 Å². The summed E-state index contributed by atoms with van der Waals surface area (Å²) in [7, 11) is 0. The maximum atomic E-state index is 11.8. The van der Waals surface area contributed by atoms with Crippen molar-refractivity contribution in [2.45, 2.75) is 38.0 Å². The molecular formula is C16H25N3O4. The lowest BCUT2D eigenvalue weighted by Crippen LogP contribution is -2.42. The van der Waals surface area contributed by atoms with E-state index in [1.807, 2.05) is 30.3 Å². The molecule has 23 heavy (non-hydrogen) atoms. The van der Waals surface area contributed by atoms with Gasteiger partial charge in [0.1, 0.15) is 12.6 Å². The maximum Gasteiger partial charge on any atom is 0.323 e. The number of ether oxygens (including phenoxy) is 1. The first-order valence-corrected chi connectivity index (χ1v) is 7.65. The number of carbonyl (C=O) groups excluding carboxylic acids is 2. The van der Waals surface area contributed by atoms with Crippen molar-refractivity contribution in [1.82, 2.24) is 5.32 Å². The Bertz CT molecular complexity index is 481. The van der Waals surface area contributed by atoms with E-state index in [-0.39, 0.29) is 25.7 Å². The summed E-state index contributed by atoms with van der Waals surface area (Å²) in [5.74, 6) is -0.786. The van der Waals surface area contributed by atoms with Crippen molar-refractivity contribution in [2.24, 2.45) is 11.5 Å². The van der Waals surface area contributed by atoms with Gasteiger partial charge in [-0.2, -0.15) is 0 Å². The zero-order valence-corrected chi connectivity index (χ0v) is 13.1. The topological polar surface area (TPSA) is 128 Å². The van der Waals surface area contributed by atoms with Crippen molar-refractivity contribution in [2.75, 3.05) is 13.2 Å². The minimum absolute atomic E-state index is 0.128. The van der Waals surface area contributed by atoms with E-state index in [2.05, 4.69) is 5.32 Å². The van der Waals surface area contributed by atoms with E-state index in [0.717, 1.165) is 5.56 Å². The van der Waals surface area contributed by atoms with Gasteiger partial charge in [-0.05, 0) is 24.8 Å². The Kier molecular flexibility index (Phi) is 8.89. The Hall–Kier alpha value is -1.96. The van der Waals surface area contributed by atoms with Crippen LogP contribution in [0.3, 0.4) is 0 Å². The molecular weight excluding hydrogens is 298 g/mol. The maximum absolute atomic E-state index is 11.8. The molecule has 2 atom stereocenters. The van der Waals surface area contributed by atoms with E-state index >= 15 is 0 Å². The number of hydrogen-bond acceptors (Lipinski definition) is 6. The van der Waals surface area contributed by atoms with Gasteiger partial charge in [-0.25, -0.2) is 0 Å². The molecule has 0 bridgehead atoms. The molecule has 0 aliphatic rings. The molecule has 0 aliphatic carbocycles. The van der Waals surface area contributed by atoms with Gasteiger partial charge in [-0.1, -0.05) is 30.3 Å². The highest BCUT2D eigenvalue weighted by molar-refractivity contribution is 5.81. The van der Waals surface area contributed by atoms with Crippen molar-refractivity contribution >= 4 is 11.9 Å². The molecule has 1 aromatic rings. The molecule has 0 fully saturated rings. The second-order valence-electron chi connectivity index (χ2n) is 5.25. The van der Waals surface area contributed by atoms with Crippen molar-refractivity contribution < 1.29 is 19.4 Å². The highest BCUT2D eigenvalue weighted by atomic mass is 16.5. The number of nitrogens with one attached hydrogen (secondary N) is 1. The first-order chi connectivity index (χ1) is 11.0. The molecule has 0 heterocycles. The standard InChI is InChI=1S/C16H25N3O4/c17-13(15(21)19-9-10-20)7-4-8-14(18)16(22)23-11-12-5-2-1-3-6-12/h1-3,5-6,13-14,20H,4,7-11,17-18H2,(H,19,21)/t13-,14?/m0/s1. The molecule has 0 aliphatic heterocycles. The molecule has 6 N–H and O–H groups in total. The van der Waals surface area contributed by atoms with Crippen LogP contribution in [0.5, 0.6) is 0 Å². The normalized spacial score (nSPS) is 13.2. The number of nitrogens with two attached hydrogens (primary N) is 2. The minimum Gasteiger partial charge on any atom is -0.460 e. The quantitative estimate of drug-likeness (QED) is 0.436. The van der Waals surface area contributed by atoms with Crippen LogP contribution < -0.4 is 16.8 Å². The van der Waals surface area contributed by atoms with Gasteiger partial charge in [-0.15, -0.1) is 0 Å². The number of esters is 1. The summed E-state index contributed by atoms with van der Waals surface area (Å²) >= 11 is 0. The lowest BCUT2D eigenvalue weighted by molar-refractivity contribution is -0.146. The minimum atomic E-state index is -0.730. The van der Waals surface area contributed by atoms with Crippen LogP contribution in [0.1, 0.15) is 24.8 Å². The van der Waals surface area contributed by atoms with Crippen LogP contribution in [0, 0.1) is 0 Å². The third-order valence-corrected chi connectivity index (χ3v) is 3.30. The third kappa shape index (κ3) is 7.73.